The summed E-state index contributed by atoms with van der Waals surface area (Å²) in [5, 5.41) is 1.18. The number of fused-ring (bicyclic) bond motifs is 2. The molecule has 4 aromatic rings. The van der Waals surface area contributed by atoms with E-state index in [9.17, 15) is 0 Å². The molecule has 102 valence electrons. The maximum atomic E-state index is 4.79. The first-order valence-electron chi connectivity index (χ1n) is 7.03. The fourth-order valence-corrected chi connectivity index (χ4v) is 2.68. The number of nitrogens with one attached hydrogen (secondary N) is 1. The van der Waals surface area contributed by atoms with Gasteiger partial charge in [-0.15, -0.1) is 0 Å². The number of para-hydroxylation sites is 1. The highest BCUT2D eigenvalue weighted by molar-refractivity contribution is 5.95. The highest BCUT2D eigenvalue weighted by Crippen LogP contribution is 2.28. The van der Waals surface area contributed by atoms with Crippen molar-refractivity contribution >= 4 is 21.9 Å². The van der Waals surface area contributed by atoms with Gasteiger partial charge in [-0.05, 0) is 43.2 Å². The topological polar surface area (TPSA) is 41.6 Å². The third-order valence-electron chi connectivity index (χ3n) is 4.02. The number of aryl methyl sites for hydroxylation is 2. The van der Waals surface area contributed by atoms with Crippen LogP contribution in [0.1, 0.15) is 11.1 Å². The van der Waals surface area contributed by atoms with Gasteiger partial charge in [-0.3, -0.25) is 4.98 Å². The van der Waals surface area contributed by atoms with Crippen LogP contribution in [0.15, 0.2) is 48.8 Å². The average molecular weight is 273 g/mol. The SMILES string of the molecule is Cc1cc2ncc(-c3c[nH]c4ccccc34)nc2cc1C. The number of nitrogens with zero attached hydrogens (tertiary/aromatic N) is 2. The standard InChI is InChI=1S/C18H15N3/c1-11-7-16-17(8-12(11)2)21-18(10-20-16)14-9-19-15-6-4-3-5-13(14)15/h3-10,19H,1-2H3. The third kappa shape index (κ3) is 1.89. The van der Waals surface area contributed by atoms with Crippen LogP contribution in [0.5, 0.6) is 0 Å². The van der Waals surface area contributed by atoms with Crippen LogP contribution in [0.4, 0.5) is 0 Å². The van der Waals surface area contributed by atoms with Gasteiger partial charge in [-0.2, -0.15) is 0 Å². The van der Waals surface area contributed by atoms with Crippen molar-refractivity contribution in [2.45, 2.75) is 13.8 Å². The van der Waals surface area contributed by atoms with E-state index in [-0.39, 0.29) is 0 Å². The molecule has 0 fully saturated rings. The third-order valence-corrected chi connectivity index (χ3v) is 4.02. The molecule has 0 amide bonds. The largest absolute Gasteiger partial charge is 0.360 e. The predicted octanol–water partition coefficient (Wildman–Crippen LogP) is 4.39. The van der Waals surface area contributed by atoms with E-state index in [4.69, 9.17) is 4.98 Å². The number of rotatable bonds is 1. The molecule has 0 aliphatic rings. The van der Waals surface area contributed by atoms with Crippen LogP contribution in [0.3, 0.4) is 0 Å². The zero-order valence-corrected chi connectivity index (χ0v) is 12.0. The highest BCUT2D eigenvalue weighted by atomic mass is 14.8. The van der Waals surface area contributed by atoms with Gasteiger partial charge in [0.05, 0.1) is 22.9 Å². The van der Waals surface area contributed by atoms with Gasteiger partial charge in [0.25, 0.3) is 0 Å². The fourth-order valence-electron chi connectivity index (χ4n) is 2.68. The van der Waals surface area contributed by atoms with E-state index < -0.39 is 0 Å². The van der Waals surface area contributed by atoms with Crippen LogP contribution < -0.4 is 0 Å². The molecular weight excluding hydrogens is 258 g/mol. The first-order valence-corrected chi connectivity index (χ1v) is 7.03. The molecule has 0 bridgehead atoms. The lowest BCUT2D eigenvalue weighted by Crippen LogP contribution is -1.90. The summed E-state index contributed by atoms with van der Waals surface area (Å²) >= 11 is 0. The Bertz CT molecular complexity index is 967. The van der Waals surface area contributed by atoms with Crippen molar-refractivity contribution in [3.8, 4) is 11.3 Å². The van der Waals surface area contributed by atoms with Crippen molar-refractivity contribution in [1.29, 1.82) is 0 Å². The van der Waals surface area contributed by atoms with Crippen LogP contribution in [-0.2, 0) is 0 Å². The maximum absolute atomic E-state index is 4.79. The van der Waals surface area contributed by atoms with Gasteiger partial charge >= 0.3 is 0 Å². The van der Waals surface area contributed by atoms with Crippen molar-refractivity contribution in [2.75, 3.05) is 0 Å². The predicted molar refractivity (Wildman–Crippen MR) is 86.3 cm³/mol. The van der Waals surface area contributed by atoms with E-state index >= 15 is 0 Å². The molecule has 4 rings (SSSR count). The molecule has 0 unspecified atom stereocenters. The van der Waals surface area contributed by atoms with Crippen LogP contribution in [0.2, 0.25) is 0 Å². The number of hydrogen-bond donors (Lipinski definition) is 1. The van der Waals surface area contributed by atoms with Crippen molar-refractivity contribution in [2.24, 2.45) is 0 Å². The van der Waals surface area contributed by atoms with Crippen molar-refractivity contribution in [3.63, 3.8) is 0 Å². The molecule has 0 aliphatic carbocycles. The minimum atomic E-state index is 0.906. The summed E-state index contributed by atoms with van der Waals surface area (Å²) < 4.78 is 0. The van der Waals surface area contributed by atoms with Crippen molar-refractivity contribution in [3.05, 3.63) is 59.9 Å². The molecular formula is C18H15N3. The molecule has 21 heavy (non-hydrogen) atoms. The van der Waals surface area contributed by atoms with Gasteiger partial charge in [0.1, 0.15) is 0 Å². The van der Waals surface area contributed by atoms with Gasteiger partial charge in [-0.1, -0.05) is 18.2 Å². The molecule has 0 aliphatic heterocycles. The Morgan fingerprint density at radius 2 is 1.71 bits per heavy atom. The Kier molecular flexibility index (Phi) is 2.54. The lowest BCUT2D eigenvalue weighted by atomic mass is 10.1. The zero-order chi connectivity index (χ0) is 14.4. The van der Waals surface area contributed by atoms with Crippen LogP contribution in [-0.4, -0.2) is 15.0 Å². The lowest BCUT2D eigenvalue weighted by Gasteiger charge is -2.05. The molecule has 2 aromatic heterocycles. The molecule has 0 atom stereocenters. The molecule has 0 spiro atoms. The quantitative estimate of drug-likeness (QED) is 0.558. The molecule has 3 nitrogen and oxygen atoms in total. The summed E-state index contributed by atoms with van der Waals surface area (Å²) in [6.07, 6.45) is 3.86. The van der Waals surface area contributed by atoms with E-state index in [0.29, 0.717) is 0 Å². The van der Waals surface area contributed by atoms with Crippen molar-refractivity contribution < 1.29 is 0 Å². The number of benzene rings is 2. The normalized spacial score (nSPS) is 11.3. The first-order chi connectivity index (χ1) is 10.2. The summed E-state index contributed by atoms with van der Waals surface area (Å²) in [6.45, 7) is 4.21. The smallest absolute Gasteiger partial charge is 0.0914 e. The second-order valence-electron chi connectivity index (χ2n) is 5.43. The van der Waals surface area contributed by atoms with Crippen molar-refractivity contribution in [1.82, 2.24) is 15.0 Å². The second kappa shape index (κ2) is 4.42. The molecule has 2 aromatic carbocycles. The fraction of sp³-hybridized carbons (Fsp3) is 0.111. The van der Waals surface area contributed by atoms with Gasteiger partial charge in [0, 0.05) is 22.7 Å². The van der Waals surface area contributed by atoms with Crippen LogP contribution in [0.25, 0.3) is 33.2 Å². The molecule has 2 heterocycles. The van der Waals surface area contributed by atoms with E-state index in [0.717, 1.165) is 27.8 Å². The molecule has 0 saturated carbocycles. The Morgan fingerprint density at radius 3 is 2.57 bits per heavy atom. The number of H-pyrrole nitrogens is 1. The van der Waals surface area contributed by atoms with Crippen LogP contribution >= 0.6 is 0 Å². The van der Waals surface area contributed by atoms with Gasteiger partial charge in [-0.25, -0.2) is 4.98 Å². The minimum Gasteiger partial charge on any atom is -0.360 e. The van der Waals surface area contributed by atoms with E-state index in [2.05, 4.69) is 48.1 Å². The van der Waals surface area contributed by atoms with Crippen LogP contribution in [0, 0.1) is 13.8 Å². The molecule has 3 heteroatoms. The highest BCUT2D eigenvalue weighted by Gasteiger charge is 2.09. The monoisotopic (exact) mass is 273 g/mol. The first kappa shape index (κ1) is 12.1. The van der Waals surface area contributed by atoms with E-state index in [1.165, 1.54) is 16.5 Å². The summed E-state index contributed by atoms with van der Waals surface area (Å²) in [5.74, 6) is 0. The summed E-state index contributed by atoms with van der Waals surface area (Å²) in [7, 11) is 0. The van der Waals surface area contributed by atoms with Gasteiger partial charge in [0.2, 0.25) is 0 Å². The molecule has 1 N–H and O–H groups in total. The summed E-state index contributed by atoms with van der Waals surface area (Å²) in [5.41, 5.74) is 7.50. The second-order valence-corrected chi connectivity index (χ2v) is 5.43. The van der Waals surface area contributed by atoms with Gasteiger partial charge < -0.3 is 4.98 Å². The Labute approximate surface area is 122 Å². The molecule has 0 radical (unpaired) electrons. The minimum absolute atomic E-state index is 0.906. The Balaban J connectivity index is 1.96. The Morgan fingerprint density at radius 1 is 0.952 bits per heavy atom. The maximum Gasteiger partial charge on any atom is 0.0914 e. The zero-order valence-electron chi connectivity index (χ0n) is 12.0. The number of aromatic amines is 1. The number of hydrogen-bond acceptors (Lipinski definition) is 2. The van der Waals surface area contributed by atoms with E-state index in [1.807, 2.05) is 24.5 Å². The Hall–Kier alpha value is -2.68. The average Bonchev–Trinajstić information content (AvgIpc) is 2.92. The lowest BCUT2D eigenvalue weighted by molar-refractivity contribution is 1.26. The van der Waals surface area contributed by atoms with Gasteiger partial charge in [0.15, 0.2) is 0 Å². The molecule has 0 saturated heterocycles. The summed E-state index contributed by atoms with van der Waals surface area (Å²) in [6, 6.07) is 12.4. The summed E-state index contributed by atoms with van der Waals surface area (Å²) in [4.78, 5) is 12.6. The number of aromatic nitrogens is 3. The van der Waals surface area contributed by atoms with E-state index in [1.54, 1.807) is 0 Å².